The third-order valence-electron chi connectivity index (χ3n) is 4.45. The van der Waals surface area contributed by atoms with Gasteiger partial charge in [-0.25, -0.2) is 4.79 Å². The van der Waals surface area contributed by atoms with Crippen LogP contribution in [-0.2, 0) is 22.4 Å². The standard InChI is InChI=1S/C18H23NO3/c1-18(2,3)22-17(21)19-15-7-6-11-8-12-4-5-13(16(12)20)9-14(11)10-15/h6-7,10,12-13H,4-5,8-9H2,1-3H3,(H,19,21). The lowest BCUT2D eigenvalue weighted by molar-refractivity contribution is -0.123. The Balaban J connectivity index is 1.76. The molecule has 0 aromatic heterocycles. The Labute approximate surface area is 131 Å². The zero-order chi connectivity index (χ0) is 15.9. The van der Waals surface area contributed by atoms with Crippen LogP contribution in [0.3, 0.4) is 0 Å². The molecule has 1 saturated carbocycles. The number of benzene rings is 1. The second kappa shape index (κ2) is 5.41. The van der Waals surface area contributed by atoms with Crippen LogP contribution in [0.4, 0.5) is 10.5 Å². The Kier molecular flexibility index (Phi) is 3.71. The first kappa shape index (κ1) is 15.1. The summed E-state index contributed by atoms with van der Waals surface area (Å²) < 4.78 is 5.27. The predicted molar refractivity (Wildman–Crippen MR) is 84.9 cm³/mol. The Bertz CT molecular complexity index is 615. The van der Waals surface area contributed by atoms with Crippen molar-refractivity contribution in [2.45, 2.75) is 52.1 Å². The van der Waals surface area contributed by atoms with Crippen molar-refractivity contribution in [1.82, 2.24) is 0 Å². The van der Waals surface area contributed by atoms with E-state index in [4.69, 9.17) is 4.74 Å². The first-order valence-corrected chi connectivity index (χ1v) is 7.97. The van der Waals surface area contributed by atoms with Gasteiger partial charge in [-0.05, 0) is 69.7 Å². The first-order valence-electron chi connectivity index (χ1n) is 7.97. The molecule has 1 aromatic carbocycles. The summed E-state index contributed by atoms with van der Waals surface area (Å²) in [7, 11) is 0. The number of carbonyl (C=O) groups is 2. The number of ether oxygens (including phenoxy) is 1. The molecule has 2 aliphatic carbocycles. The molecule has 0 aliphatic heterocycles. The number of rotatable bonds is 1. The lowest BCUT2D eigenvalue weighted by Crippen LogP contribution is -2.27. The number of hydrogen-bond acceptors (Lipinski definition) is 3. The summed E-state index contributed by atoms with van der Waals surface area (Å²) in [6.07, 6.45) is 3.23. The molecule has 2 aliphatic rings. The van der Waals surface area contributed by atoms with E-state index in [-0.39, 0.29) is 11.8 Å². The molecule has 2 bridgehead atoms. The molecule has 4 heteroatoms. The van der Waals surface area contributed by atoms with Gasteiger partial charge in [0.1, 0.15) is 11.4 Å². The van der Waals surface area contributed by atoms with Crippen LogP contribution < -0.4 is 5.32 Å². The van der Waals surface area contributed by atoms with Crippen molar-refractivity contribution in [2.24, 2.45) is 11.8 Å². The molecular weight excluding hydrogens is 278 g/mol. The molecule has 4 nitrogen and oxygen atoms in total. The number of anilines is 1. The van der Waals surface area contributed by atoms with Crippen molar-refractivity contribution >= 4 is 17.6 Å². The largest absolute Gasteiger partial charge is 0.444 e. The number of hydrogen-bond donors (Lipinski definition) is 1. The summed E-state index contributed by atoms with van der Waals surface area (Å²) in [5.74, 6) is 0.803. The summed E-state index contributed by atoms with van der Waals surface area (Å²) in [5, 5.41) is 2.78. The SMILES string of the molecule is CC(C)(C)OC(=O)Nc1ccc2c(c1)CC1CCC(C2)C1=O. The van der Waals surface area contributed by atoms with E-state index in [1.165, 1.54) is 11.1 Å². The van der Waals surface area contributed by atoms with Crippen molar-refractivity contribution in [2.75, 3.05) is 5.32 Å². The molecule has 1 amide bonds. The predicted octanol–water partition coefficient (Wildman–Crippen LogP) is 3.73. The van der Waals surface area contributed by atoms with Gasteiger partial charge in [0.25, 0.3) is 0 Å². The van der Waals surface area contributed by atoms with E-state index in [1.807, 2.05) is 39.0 Å². The number of nitrogens with one attached hydrogen (secondary N) is 1. The average molecular weight is 301 g/mol. The van der Waals surface area contributed by atoms with Crippen LogP contribution >= 0.6 is 0 Å². The van der Waals surface area contributed by atoms with E-state index in [2.05, 4.69) is 5.32 Å². The number of carbonyl (C=O) groups excluding carboxylic acids is 2. The van der Waals surface area contributed by atoms with Crippen molar-refractivity contribution in [1.29, 1.82) is 0 Å². The molecule has 0 saturated heterocycles. The minimum absolute atomic E-state index is 0.169. The van der Waals surface area contributed by atoms with Crippen LogP contribution in [0, 0.1) is 11.8 Å². The van der Waals surface area contributed by atoms with E-state index < -0.39 is 11.7 Å². The second-order valence-corrected chi connectivity index (χ2v) is 7.39. The fraction of sp³-hybridized carbons (Fsp3) is 0.556. The third-order valence-corrected chi connectivity index (χ3v) is 4.45. The second-order valence-electron chi connectivity index (χ2n) is 7.39. The topological polar surface area (TPSA) is 55.4 Å². The Morgan fingerprint density at radius 3 is 2.41 bits per heavy atom. The van der Waals surface area contributed by atoms with Crippen molar-refractivity contribution in [3.8, 4) is 0 Å². The quantitative estimate of drug-likeness (QED) is 0.860. The highest BCUT2D eigenvalue weighted by atomic mass is 16.6. The Hall–Kier alpha value is -1.84. The maximum absolute atomic E-state index is 12.2. The Morgan fingerprint density at radius 1 is 1.14 bits per heavy atom. The maximum Gasteiger partial charge on any atom is 0.412 e. The van der Waals surface area contributed by atoms with Crippen molar-refractivity contribution in [3.05, 3.63) is 29.3 Å². The van der Waals surface area contributed by atoms with Crippen LogP contribution in [0.15, 0.2) is 18.2 Å². The van der Waals surface area contributed by atoms with Crippen LogP contribution in [0.5, 0.6) is 0 Å². The van der Waals surface area contributed by atoms with Gasteiger partial charge in [0.2, 0.25) is 0 Å². The number of amides is 1. The minimum atomic E-state index is -0.513. The molecule has 3 rings (SSSR count). The molecule has 0 spiro atoms. The number of fused-ring (bicyclic) bond motifs is 3. The zero-order valence-corrected chi connectivity index (χ0v) is 13.4. The highest BCUT2D eigenvalue weighted by molar-refractivity contribution is 5.87. The summed E-state index contributed by atoms with van der Waals surface area (Å²) in [4.78, 5) is 24.1. The van der Waals surface area contributed by atoms with Gasteiger partial charge in [0.05, 0.1) is 0 Å². The van der Waals surface area contributed by atoms with Gasteiger partial charge in [-0.3, -0.25) is 10.1 Å². The van der Waals surface area contributed by atoms with Gasteiger partial charge in [0.15, 0.2) is 0 Å². The summed E-state index contributed by atoms with van der Waals surface area (Å²) in [6, 6.07) is 5.93. The average Bonchev–Trinajstić information content (AvgIpc) is 2.63. The Morgan fingerprint density at radius 2 is 1.77 bits per heavy atom. The van der Waals surface area contributed by atoms with Gasteiger partial charge < -0.3 is 4.74 Å². The highest BCUT2D eigenvalue weighted by Gasteiger charge is 2.37. The molecule has 1 fully saturated rings. The van der Waals surface area contributed by atoms with Gasteiger partial charge in [0, 0.05) is 17.5 Å². The molecule has 1 N–H and O–H groups in total. The molecule has 0 heterocycles. The van der Waals surface area contributed by atoms with Gasteiger partial charge in [-0.15, -0.1) is 0 Å². The fourth-order valence-electron chi connectivity index (χ4n) is 3.47. The number of Topliss-reactive ketones (excluding diaryl/α,β-unsaturated/α-hetero) is 1. The van der Waals surface area contributed by atoms with Gasteiger partial charge >= 0.3 is 6.09 Å². The lowest BCUT2D eigenvalue weighted by atomic mass is 9.93. The monoisotopic (exact) mass is 301 g/mol. The fourth-order valence-corrected chi connectivity index (χ4v) is 3.47. The van der Waals surface area contributed by atoms with Crippen molar-refractivity contribution < 1.29 is 14.3 Å². The third kappa shape index (κ3) is 3.16. The van der Waals surface area contributed by atoms with E-state index in [0.29, 0.717) is 5.78 Å². The molecular formula is C18H23NO3. The minimum Gasteiger partial charge on any atom is -0.444 e. The molecule has 0 radical (unpaired) electrons. The molecule has 1 aromatic rings. The normalized spacial score (nSPS) is 23.7. The van der Waals surface area contributed by atoms with E-state index in [0.717, 1.165) is 31.4 Å². The van der Waals surface area contributed by atoms with E-state index in [9.17, 15) is 9.59 Å². The summed E-state index contributed by atoms with van der Waals surface area (Å²) >= 11 is 0. The van der Waals surface area contributed by atoms with E-state index in [1.54, 1.807) is 0 Å². The van der Waals surface area contributed by atoms with Gasteiger partial charge in [-0.1, -0.05) is 6.07 Å². The van der Waals surface area contributed by atoms with Crippen LogP contribution in [-0.4, -0.2) is 17.5 Å². The van der Waals surface area contributed by atoms with E-state index >= 15 is 0 Å². The van der Waals surface area contributed by atoms with Crippen LogP contribution in [0.2, 0.25) is 0 Å². The lowest BCUT2D eigenvalue weighted by Gasteiger charge is -2.20. The molecule has 2 unspecified atom stereocenters. The molecule has 2 atom stereocenters. The van der Waals surface area contributed by atoms with Crippen LogP contribution in [0.1, 0.15) is 44.7 Å². The maximum atomic E-state index is 12.2. The number of ketones is 1. The summed E-state index contributed by atoms with van der Waals surface area (Å²) in [5.41, 5.74) is 2.66. The first-order chi connectivity index (χ1) is 10.3. The smallest absolute Gasteiger partial charge is 0.412 e. The zero-order valence-electron chi connectivity index (χ0n) is 13.4. The highest BCUT2D eigenvalue weighted by Crippen LogP contribution is 2.37. The molecule has 22 heavy (non-hydrogen) atoms. The van der Waals surface area contributed by atoms with Gasteiger partial charge in [-0.2, -0.15) is 0 Å². The summed E-state index contributed by atoms with van der Waals surface area (Å²) in [6.45, 7) is 5.52. The van der Waals surface area contributed by atoms with Crippen molar-refractivity contribution in [3.63, 3.8) is 0 Å². The van der Waals surface area contributed by atoms with Crippen LogP contribution in [0.25, 0.3) is 0 Å². The molecule has 118 valence electrons.